The Balaban J connectivity index is 2.01. The molecule has 0 aliphatic carbocycles. The molecule has 0 spiro atoms. The van der Waals surface area contributed by atoms with E-state index in [9.17, 15) is 9.90 Å². The fourth-order valence-electron chi connectivity index (χ4n) is 2.40. The van der Waals surface area contributed by atoms with Gasteiger partial charge in [-0.1, -0.05) is 24.3 Å². The van der Waals surface area contributed by atoms with Gasteiger partial charge in [0, 0.05) is 31.2 Å². The van der Waals surface area contributed by atoms with Crippen LogP contribution in [0.15, 0.2) is 48.8 Å². The van der Waals surface area contributed by atoms with Gasteiger partial charge < -0.3 is 10.0 Å². The van der Waals surface area contributed by atoms with Crippen molar-refractivity contribution in [2.45, 2.75) is 6.54 Å². The van der Waals surface area contributed by atoms with Crippen LogP contribution in [-0.2, 0) is 11.3 Å². The molecule has 1 aromatic heterocycles. The first kappa shape index (κ1) is 14.1. The molecule has 0 atom stereocenters. The van der Waals surface area contributed by atoms with E-state index in [0.29, 0.717) is 0 Å². The third kappa shape index (κ3) is 2.53. The van der Waals surface area contributed by atoms with Gasteiger partial charge in [0.05, 0.1) is 6.20 Å². The molecule has 0 saturated carbocycles. The van der Waals surface area contributed by atoms with E-state index < -0.39 is 0 Å². The van der Waals surface area contributed by atoms with Crippen molar-refractivity contribution in [1.29, 1.82) is 0 Å². The highest BCUT2D eigenvalue weighted by Gasteiger charge is 2.11. The summed E-state index contributed by atoms with van der Waals surface area (Å²) in [6.45, 7) is 0.211. The molecule has 0 aliphatic rings. The maximum Gasteiger partial charge on any atom is 0.243 e. The third-order valence-corrected chi connectivity index (χ3v) is 3.64. The van der Waals surface area contributed by atoms with Crippen molar-refractivity contribution in [1.82, 2.24) is 14.7 Å². The minimum absolute atomic E-state index is 0.00906. The number of aromatic nitrogens is 2. The van der Waals surface area contributed by atoms with Crippen molar-refractivity contribution in [3.63, 3.8) is 0 Å². The molecule has 3 aromatic rings. The molecule has 112 valence electrons. The lowest BCUT2D eigenvalue weighted by molar-refractivity contribution is -0.129. The fourth-order valence-corrected chi connectivity index (χ4v) is 2.40. The number of phenolic OH excluding ortho intramolecular Hbond substituents is 1. The first-order chi connectivity index (χ1) is 10.6. The van der Waals surface area contributed by atoms with Crippen LogP contribution >= 0.6 is 0 Å². The summed E-state index contributed by atoms with van der Waals surface area (Å²) >= 11 is 0. The fraction of sp³-hybridized carbons (Fsp3) is 0.176. The zero-order valence-corrected chi connectivity index (χ0v) is 12.5. The molecule has 1 N–H and O–H groups in total. The van der Waals surface area contributed by atoms with Gasteiger partial charge in [-0.05, 0) is 23.1 Å². The number of hydrogen-bond acceptors (Lipinski definition) is 3. The minimum atomic E-state index is -0.00906. The maximum absolute atomic E-state index is 11.7. The zero-order chi connectivity index (χ0) is 15.7. The lowest BCUT2D eigenvalue weighted by Crippen LogP contribution is -2.26. The number of aromatic hydroxyl groups is 1. The van der Waals surface area contributed by atoms with E-state index in [1.54, 1.807) is 31.0 Å². The molecule has 22 heavy (non-hydrogen) atoms. The first-order valence-corrected chi connectivity index (χ1v) is 7.00. The smallest absolute Gasteiger partial charge is 0.243 e. The quantitative estimate of drug-likeness (QED) is 0.807. The summed E-state index contributed by atoms with van der Waals surface area (Å²) in [6, 6.07) is 11.2. The van der Waals surface area contributed by atoms with E-state index in [2.05, 4.69) is 5.10 Å². The Morgan fingerprint density at radius 1 is 1.18 bits per heavy atom. The van der Waals surface area contributed by atoms with Crippen LogP contribution in [0.1, 0.15) is 0 Å². The second kappa shape index (κ2) is 5.52. The van der Waals surface area contributed by atoms with E-state index in [-0.39, 0.29) is 18.2 Å². The molecular weight excluding hydrogens is 278 g/mol. The lowest BCUT2D eigenvalue weighted by Gasteiger charge is -2.09. The van der Waals surface area contributed by atoms with Gasteiger partial charge in [0.15, 0.2) is 0 Å². The highest BCUT2D eigenvalue weighted by Crippen LogP contribution is 2.33. The van der Waals surface area contributed by atoms with Gasteiger partial charge in [0.1, 0.15) is 12.3 Å². The summed E-state index contributed by atoms with van der Waals surface area (Å²) in [5.41, 5.74) is 1.90. The second-order valence-electron chi connectivity index (χ2n) is 5.39. The number of likely N-dealkylation sites (N-methyl/N-ethyl adjacent to an activating group) is 1. The van der Waals surface area contributed by atoms with E-state index in [0.717, 1.165) is 21.9 Å². The predicted octanol–water partition coefficient (Wildman–Crippen LogP) is 2.50. The molecule has 2 aromatic carbocycles. The summed E-state index contributed by atoms with van der Waals surface area (Å²) in [5.74, 6) is 0.250. The van der Waals surface area contributed by atoms with Crippen molar-refractivity contribution < 1.29 is 9.90 Å². The highest BCUT2D eigenvalue weighted by molar-refractivity contribution is 5.99. The molecule has 1 amide bonds. The summed E-state index contributed by atoms with van der Waals surface area (Å²) in [6.07, 6.45) is 3.59. The molecule has 0 radical (unpaired) electrons. The van der Waals surface area contributed by atoms with Crippen LogP contribution in [0, 0.1) is 0 Å². The van der Waals surface area contributed by atoms with Crippen LogP contribution in [0.4, 0.5) is 0 Å². The zero-order valence-electron chi connectivity index (χ0n) is 12.5. The van der Waals surface area contributed by atoms with Crippen LogP contribution in [0.25, 0.3) is 21.9 Å². The molecule has 0 fully saturated rings. The topological polar surface area (TPSA) is 58.4 Å². The van der Waals surface area contributed by atoms with Crippen molar-refractivity contribution in [3.05, 3.63) is 48.8 Å². The SMILES string of the molecule is CN(C)C(=O)Cn1cc(-c2ccc(O)c3ccccc23)cn1. The van der Waals surface area contributed by atoms with Gasteiger partial charge in [-0.3, -0.25) is 9.48 Å². The Labute approximate surface area is 128 Å². The molecule has 0 unspecified atom stereocenters. The van der Waals surface area contributed by atoms with Gasteiger partial charge >= 0.3 is 0 Å². The number of carbonyl (C=O) groups is 1. The molecule has 0 saturated heterocycles. The van der Waals surface area contributed by atoms with Gasteiger partial charge in [-0.15, -0.1) is 0 Å². The van der Waals surface area contributed by atoms with Gasteiger partial charge in [0.25, 0.3) is 0 Å². The molecule has 5 heteroatoms. The van der Waals surface area contributed by atoms with Crippen molar-refractivity contribution in [2.24, 2.45) is 0 Å². The molecule has 0 bridgehead atoms. The summed E-state index contributed by atoms with van der Waals surface area (Å²) in [7, 11) is 3.44. The molecule has 1 heterocycles. The predicted molar refractivity (Wildman–Crippen MR) is 85.5 cm³/mol. The van der Waals surface area contributed by atoms with Crippen LogP contribution in [0.5, 0.6) is 5.75 Å². The van der Waals surface area contributed by atoms with Crippen LogP contribution in [0.2, 0.25) is 0 Å². The van der Waals surface area contributed by atoms with Gasteiger partial charge in [-0.25, -0.2) is 0 Å². The van der Waals surface area contributed by atoms with E-state index >= 15 is 0 Å². The Morgan fingerprint density at radius 3 is 2.64 bits per heavy atom. The minimum Gasteiger partial charge on any atom is -0.507 e. The maximum atomic E-state index is 11.7. The van der Waals surface area contributed by atoms with Crippen molar-refractivity contribution in [2.75, 3.05) is 14.1 Å². The van der Waals surface area contributed by atoms with Gasteiger partial charge in [0.2, 0.25) is 5.91 Å². The van der Waals surface area contributed by atoms with Crippen LogP contribution < -0.4 is 0 Å². The monoisotopic (exact) mass is 295 g/mol. The molecule has 3 rings (SSSR count). The Bertz CT molecular complexity index is 837. The van der Waals surface area contributed by atoms with E-state index in [4.69, 9.17) is 0 Å². The standard InChI is InChI=1S/C17H17N3O2/c1-19(2)17(22)11-20-10-12(9-18-20)13-7-8-16(21)15-6-4-3-5-14(13)15/h3-10,21H,11H2,1-2H3. The molecular formula is C17H17N3O2. The van der Waals surface area contributed by atoms with Gasteiger partial charge in [-0.2, -0.15) is 5.10 Å². The summed E-state index contributed by atoms with van der Waals surface area (Å²) in [4.78, 5) is 13.3. The number of benzene rings is 2. The van der Waals surface area contributed by atoms with Crippen LogP contribution in [-0.4, -0.2) is 39.8 Å². The number of phenols is 1. The molecule has 5 nitrogen and oxygen atoms in total. The largest absolute Gasteiger partial charge is 0.507 e. The Hall–Kier alpha value is -2.82. The number of carbonyl (C=O) groups excluding carboxylic acids is 1. The highest BCUT2D eigenvalue weighted by atomic mass is 16.3. The Kier molecular flexibility index (Phi) is 3.55. The number of rotatable bonds is 3. The average molecular weight is 295 g/mol. The number of fused-ring (bicyclic) bond motifs is 1. The first-order valence-electron chi connectivity index (χ1n) is 7.00. The van der Waals surface area contributed by atoms with E-state index in [1.807, 2.05) is 36.5 Å². The van der Waals surface area contributed by atoms with Crippen molar-refractivity contribution >= 4 is 16.7 Å². The number of nitrogens with zero attached hydrogens (tertiary/aromatic N) is 3. The summed E-state index contributed by atoms with van der Waals surface area (Å²) < 4.78 is 1.62. The van der Waals surface area contributed by atoms with Crippen molar-refractivity contribution in [3.8, 4) is 16.9 Å². The normalized spacial score (nSPS) is 10.8. The molecule has 0 aliphatic heterocycles. The van der Waals surface area contributed by atoms with Crippen LogP contribution in [0.3, 0.4) is 0 Å². The average Bonchev–Trinajstić information content (AvgIpc) is 2.96. The number of hydrogen-bond donors (Lipinski definition) is 1. The lowest BCUT2D eigenvalue weighted by atomic mass is 10.00. The Morgan fingerprint density at radius 2 is 1.91 bits per heavy atom. The van der Waals surface area contributed by atoms with E-state index in [1.165, 1.54) is 4.90 Å². The summed E-state index contributed by atoms with van der Waals surface area (Å²) in [5, 5.41) is 16.0. The number of amides is 1. The third-order valence-electron chi connectivity index (χ3n) is 3.64. The second-order valence-corrected chi connectivity index (χ2v) is 5.39.